The average Bonchev–Trinajstić information content (AvgIpc) is 2.47. The second kappa shape index (κ2) is 6.40. The van der Waals surface area contributed by atoms with E-state index in [0.717, 1.165) is 24.9 Å². The summed E-state index contributed by atoms with van der Waals surface area (Å²) in [5.41, 5.74) is 1.52. The van der Waals surface area contributed by atoms with Crippen molar-refractivity contribution in [3.8, 4) is 11.8 Å². The monoisotopic (exact) mass is 274 g/mol. The van der Waals surface area contributed by atoms with E-state index >= 15 is 0 Å². The number of carboxylic acid groups (broad SMARTS) is 1. The third-order valence-electron chi connectivity index (χ3n) is 3.65. The van der Waals surface area contributed by atoms with Crippen molar-refractivity contribution in [2.75, 3.05) is 20.2 Å². The summed E-state index contributed by atoms with van der Waals surface area (Å²) in [5.74, 6) is -0.433. The van der Waals surface area contributed by atoms with E-state index in [0.29, 0.717) is 24.4 Å². The van der Waals surface area contributed by atoms with Crippen LogP contribution in [0.3, 0.4) is 0 Å². The van der Waals surface area contributed by atoms with E-state index in [9.17, 15) is 4.79 Å². The molecule has 0 aromatic heterocycles. The summed E-state index contributed by atoms with van der Waals surface area (Å²) >= 11 is 0. The standard InChI is InChI=1S/C15H18N2O3/c1-20-14-5-4-11(7-13(14)8-16)9-17-6-2-3-12(10-17)15(18)19/h4-5,7,12H,2-3,6,9-10H2,1H3,(H,18,19). The van der Waals surface area contributed by atoms with E-state index in [1.54, 1.807) is 6.07 Å². The normalized spacial score (nSPS) is 19.3. The van der Waals surface area contributed by atoms with Crippen LogP contribution in [0.15, 0.2) is 18.2 Å². The Hall–Kier alpha value is -2.06. The molecule has 0 aliphatic carbocycles. The number of aliphatic carboxylic acids is 1. The van der Waals surface area contributed by atoms with Crippen LogP contribution in [0.4, 0.5) is 0 Å². The summed E-state index contributed by atoms with van der Waals surface area (Å²) in [6.07, 6.45) is 1.65. The zero-order chi connectivity index (χ0) is 14.5. The first-order valence-electron chi connectivity index (χ1n) is 6.66. The van der Waals surface area contributed by atoms with Crippen LogP contribution in [0, 0.1) is 17.2 Å². The Morgan fingerprint density at radius 3 is 3.05 bits per heavy atom. The average molecular weight is 274 g/mol. The number of hydrogen-bond acceptors (Lipinski definition) is 4. The highest BCUT2D eigenvalue weighted by atomic mass is 16.5. The van der Waals surface area contributed by atoms with Crippen molar-refractivity contribution in [3.05, 3.63) is 29.3 Å². The molecule has 5 nitrogen and oxygen atoms in total. The highest BCUT2D eigenvalue weighted by Crippen LogP contribution is 2.22. The highest BCUT2D eigenvalue weighted by molar-refractivity contribution is 5.70. The molecule has 5 heteroatoms. The SMILES string of the molecule is COc1ccc(CN2CCCC(C(=O)O)C2)cc1C#N. The smallest absolute Gasteiger partial charge is 0.307 e. The van der Waals surface area contributed by atoms with Gasteiger partial charge in [0.25, 0.3) is 0 Å². The van der Waals surface area contributed by atoms with Crippen molar-refractivity contribution in [3.63, 3.8) is 0 Å². The predicted octanol–water partition coefficient (Wildman–Crippen LogP) is 1.86. The molecule has 0 spiro atoms. The zero-order valence-corrected chi connectivity index (χ0v) is 11.5. The number of nitrogens with zero attached hydrogens (tertiary/aromatic N) is 2. The first-order chi connectivity index (χ1) is 9.63. The number of likely N-dealkylation sites (tertiary alicyclic amines) is 1. The largest absolute Gasteiger partial charge is 0.495 e. The molecule has 1 unspecified atom stereocenters. The summed E-state index contributed by atoms with van der Waals surface area (Å²) in [4.78, 5) is 13.2. The van der Waals surface area contributed by atoms with E-state index in [2.05, 4.69) is 11.0 Å². The number of hydrogen-bond donors (Lipinski definition) is 1. The van der Waals surface area contributed by atoms with Gasteiger partial charge in [-0.3, -0.25) is 9.69 Å². The third kappa shape index (κ3) is 3.28. The number of carbonyl (C=O) groups is 1. The maximum absolute atomic E-state index is 11.1. The molecule has 106 valence electrons. The Kier molecular flexibility index (Phi) is 4.59. The second-order valence-electron chi connectivity index (χ2n) is 5.06. The fourth-order valence-electron chi connectivity index (χ4n) is 2.60. The van der Waals surface area contributed by atoms with E-state index in [1.807, 2.05) is 12.1 Å². The molecule has 1 N–H and O–H groups in total. The molecule has 0 saturated carbocycles. The Balaban J connectivity index is 2.06. The third-order valence-corrected chi connectivity index (χ3v) is 3.65. The Morgan fingerprint density at radius 1 is 1.60 bits per heavy atom. The van der Waals surface area contributed by atoms with Crippen LogP contribution in [-0.4, -0.2) is 36.2 Å². The first-order valence-corrected chi connectivity index (χ1v) is 6.66. The van der Waals surface area contributed by atoms with Crippen molar-refractivity contribution < 1.29 is 14.6 Å². The Morgan fingerprint density at radius 2 is 2.40 bits per heavy atom. The van der Waals surface area contributed by atoms with Gasteiger partial charge in [0.05, 0.1) is 18.6 Å². The maximum atomic E-state index is 11.1. The molecule has 1 aliphatic heterocycles. The van der Waals surface area contributed by atoms with Gasteiger partial charge in [-0.1, -0.05) is 6.07 Å². The molecule has 1 heterocycles. The zero-order valence-electron chi connectivity index (χ0n) is 11.5. The molecule has 1 aliphatic rings. The summed E-state index contributed by atoms with van der Waals surface area (Å²) in [6.45, 7) is 2.14. The van der Waals surface area contributed by atoms with Gasteiger partial charge in [0.2, 0.25) is 0 Å². The molecule has 1 atom stereocenters. The van der Waals surface area contributed by atoms with E-state index in [-0.39, 0.29) is 5.92 Å². The van der Waals surface area contributed by atoms with Crippen LogP contribution in [-0.2, 0) is 11.3 Å². The summed E-state index contributed by atoms with van der Waals surface area (Å²) < 4.78 is 5.12. The number of rotatable bonds is 4. The lowest BCUT2D eigenvalue weighted by Crippen LogP contribution is -2.38. The maximum Gasteiger partial charge on any atom is 0.307 e. The van der Waals surface area contributed by atoms with Crippen LogP contribution >= 0.6 is 0 Å². The van der Waals surface area contributed by atoms with Crippen molar-refractivity contribution in [2.45, 2.75) is 19.4 Å². The Labute approximate surface area is 118 Å². The molecule has 1 saturated heterocycles. The number of piperidine rings is 1. The fourth-order valence-corrected chi connectivity index (χ4v) is 2.60. The molecule has 1 fully saturated rings. The number of carboxylic acids is 1. The van der Waals surface area contributed by atoms with Crippen molar-refractivity contribution in [1.82, 2.24) is 4.90 Å². The molecule has 2 rings (SSSR count). The van der Waals surface area contributed by atoms with Crippen LogP contribution in [0.5, 0.6) is 5.75 Å². The Bertz CT molecular complexity index is 536. The van der Waals surface area contributed by atoms with Crippen LogP contribution in [0.1, 0.15) is 24.0 Å². The highest BCUT2D eigenvalue weighted by Gasteiger charge is 2.25. The lowest BCUT2D eigenvalue weighted by atomic mass is 9.97. The molecule has 0 bridgehead atoms. The molecule has 20 heavy (non-hydrogen) atoms. The summed E-state index contributed by atoms with van der Waals surface area (Å²) in [5, 5.41) is 18.2. The minimum atomic E-state index is -0.720. The lowest BCUT2D eigenvalue weighted by molar-refractivity contribution is -0.143. The van der Waals surface area contributed by atoms with E-state index < -0.39 is 5.97 Å². The minimum absolute atomic E-state index is 0.280. The summed E-state index contributed by atoms with van der Waals surface area (Å²) in [6, 6.07) is 7.63. The fraction of sp³-hybridized carbons (Fsp3) is 0.467. The first kappa shape index (κ1) is 14.4. The molecule has 1 aromatic carbocycles. The van der Waals surface area contributed by atoms with E-state index in [4.69, 9.17) is 15.1 Å². The van der Waals surface area contributed by atoms with Crippen molar-refractivity contribution in [2.24, 2.45) is 5.92 Å². The quantitative estimate of drug-likeness (QED) is 0.907. The molecular formula is C15H18N2O3. The van der Waals surface area contributed by atoms with Gasteiger partial charge in [-0.2, -0.15) is 5.26 Å². The van der Waals surface area contributed by atoms with Gasteiger partial charge in [0, 0.05) is 13.1 Å². The minimum Gasteiger partial charge on any atom is -0.495 e. The van der Waals surface area contributed by atoms with Crippen molar-refractivity contribution >= 4 is 5.97 Å². The van der Waals surface area contributed by atoms with E-state index in [1.165, 1.54) is 7.11 Å². The van der Waals surface area contributed by atoms with Crippen LogP contribution in [0.25, 0.3) is 0 Å². The van der Waals surface area contributed by atoms with Crippen LogP contribution < -0.4 is 4.74 Å². The van der Waals surface area contributed by atoms with Crippen LogP contribution in [0.2, 0.25) is 0 Å². The van der Waals surface area contributed by atoms with Gasteiger partial charge in [-0.15, -0.1) is 0 Å². The molecule has 0 amide bonds. The van der Waals surface area contributed by atoms with Gasteiger partial charge in [-0.25, -0.2) is 0 Å². The van der Waals surface area contributed by atoms with Crippen molar-refractivity contribution in [1.29, 1.82) is 5.26 Å². The van der Waals surface area contributed by atoms with Gasteiger partial charge >= 0.3 is 5.97 Å². The second-order valence-corrected chi connectivity index (χ2v) is 5.06. The number of ether oxygens (including phenoxy) is 1. The molecular weight excluding hydrogens is 256 g/mol. The lowest BCUT2D eigenvalue weighted by Gasteiger charge is -2.30. The topological polar surface area (TPSA) is 73.6 Å². The molecule has 1 aromatic rings. The van der Waals surface area contributed by atoms with Gasteiger partial charge in [-0.05, 0) is 37.1 Å². The number of nitriles is 1. The number of benzene rings is 1. The molecule has 0 radical (unpaired) electrons. The predicted molar refractivity (Wildman–Crippen MR) is 73.3 cm³/mol. The summed E-state index contributed by atoms with van der Waals surface area (Å²) in [7, 11) is 1.54. The van der Waals surface area contributed by atoms with Gasteiger partial charge in [0.1, 0.15) is 11.8 Å². The number of methoxy groups -OCH3 is 1. The van der Waals surface area contributed by atoms with Gasteiger partial charge < -0.3 is 9.84 Å². The van der Waals surface area contributed by atoms with Gasteiger partial charge in [0.15, 0.2) is 0 Å².